The Kier molecular flexibility index (Phi) is 7.14. The van der Waals surface area contributed by atoms with Crippen molar-refractivity contribution in [2.24, 2.45) is 5.73 Å². The molecule has 1 aromatic rings. The molecule has 0 heterocycles. The van der Waals surface area contributed by atoms with Crippen LogP contribution in [0.15, 0.2) is 18.2 Å². The molecule has 0 aliphatic carbocycles. The zero-order valence-electron chi connectivity index (χ0n) is 11.3. The first-order valence-corrected chi connectivity index (χ1v) is 7.16. The number of nitrogens with two attached hydrogens (primary N) is 1. The molecule has 0 aliphatic rings. The van der Waals surface area contributed by atoms with E-state index in [1.165, 1.54) is 0 Å². The highest BCUT2D eigenvalue weighted by Gasteiger charge is 2.09. The van der Waals surface area contributed by atoms with Crippen LogP contribution >= 0.6 is 11.8 Å². The average Bonchev–Trinajstić information content (AvgIpc) is 2.43. The van der Waals surface area contributed by atoms with E-state index in [9.17, 15) is 4.79 Å². The number of ether oxygens (including phenoxy) is 2. The highest BCUT2D eigenvalue weighted by atomic mass is 32.2. The van der Waals surface area contributed by atoms with E-state index in [0.717, 1.165) is 12.2 Å². The summed E-state index contributed by atoms with van der Waals surface area (Å²) >= 11 is 1.56. The van der Waals surface area contributed by atoms with Crippen LogP contribution in [0.5, 0.6) is 11.5 Å². The molecule has 0 bridgehead atoms. The molecule has 0 radical (unpaired) electrons. The lowest BCUT2D eigenvalue weighted by atomic mass is 10.2. The van der Waals surface area contributed by atoms with Crippen LogP contribution < -0.4 is 20.5 Å². The van der Waals surface area contributed by atoms with Crippen molar-refractivity contribution < 1.29 is 14.3 Å². The SMILES string of the molecule is COc1ccc(OC)c(NC(=O)CSCCCN)c1. The Balaban J connectivity index is 2.56. The number of benzene rings is 1. The van der Waals surface area contributed by atoms with E-state index in [1.54, 1.807) is 44.2 Å². The highest BCUT2D eigenvalue weighted by molar-refractivity contribution is 7.99. The topological polar surface area (TPSA) is 73.6 Å². The van der Waals surface area contributed by atoms with Crippen LogP contribution in [0.25, 0.3) is 0 Å². The van der Waals surface area contributed by atoms with Crippen molar-refractivity contribution >= 4 is 23.4 Å². The molecule has 0 aromatic heterocycles. The number of hydrogen-bond acceptors (Lipinski definition) is 5. The molecule has 106 valence electrons. The second-order valence-corrected chi connectivity index (χ2v) is 4.91. The molecule has 0 atom stereocenters. The number of amides is 1. The summed E-state index contributed by atoms with van der Waals surface area (Å²) in [6.45, 7) is 0.651. The van der Waals surface area contributed by atoms with Gasteiger partial charge in [0.25, 0.3) is 0 Å². The number of rotatable bonds is 8. The van der Waals surface area contributed by atoms with Gasteiger partial charge in [-0.05, 0) is 30.9 Å². The lowest BCUT2D eigenvalue weighted by molar-refractivity contribution is -0.113. The van der Waals surface area contributed by atoms with E-state index in [0.29, 0.717) is 29.5 Å². The first-order valence-electron chi connectivity index (χ1n) is 6.01. The molecule has 6 heteroatoms. The Hall–Kier alpha value is -1.40. The van der Waals surface area contributed by atoms with Crippen molar-refractivity contribution in [3.05, 3.63) is 18.2 Å². The van der Waals surface area contributed by atoms with Gasteiger partial charge in [-0.25, -0.2) is 0 Å². The fourth-order valence-corrected chi connectivity index (χ4v) is 2.22. The summed E-state index contributed by atoms with van der Waals surface area (Å²) < 4.78 is 10.3. The number of carbonyl (C=O) groups excluding carboxylic acids is 1. The molecule has 19 heavy (non-hydrogen) atoms. The van der Waals surface area contributed by atoms with Gasteiger partial charge in [-0.2, -0.15) is 11.8 Å². The Morgan fingerprint density at radius 2 is 2.16 bits per heavy atom. The van der Waals surface area contributed by atoms with Crippen molar-refractivity contribution in [2.45, 2.75) is 6.42 Å². The fourth-order valence-electron chi connectivity index (χ4n) is 1.45. The van der Waals surface area contributed by atoms with Crippen LogP contribution in [0.4, 0.5) is 5.69 Å². The van der Waals surface area contributed by atoms with Gasteiger partial charge in [0.05, 0.1) is 25.7 Å². The summed E-state index contributed by atoms with van der Waals surface area (Å²) in [5, 5.41) is 2.82. The first kappa shape index (κ1) is 15.7. The zero-order valence-corrected chi connectivity index (χ0v) is 12.1. The summed E-state index contributed by atoms with van der Waals surface area (Å²) in [4.78, 5) is 11.8. The quantitative estimate of drug-likeness (QED) is 0.711. The normalized spacial score (nSPS) is 10.1. The number of methoxy groups -OCH3 is 2. The molecule has 1 amide bonds. The predicted molar refractivity (Wildman–Crippen MR) is 79.2 cm³/mol. The van der Waals surface area contributed by atoms with Gasteiger partial charge in [0.1, 0.15) is 11.5 Å². The fraction of sp³-hybridized carbons (Fsp3) is 0.462. The second kappa shape index (κ2) is 8.66. The van der Waals surface area contributed by atoms with E-state index in [1.807, 2.05) is 0 Å². The van der Waals surface area contributed by atoms with E-state index < -0.39 is 0 Å². The summed E-state index contributed by atoms with van der Waals surface area (Å²) in [5.74, 6) is 2.51. The molecule has 3 N–H and O–H groups in total. The Morgan fingerprint density at radius 1 is 1.37 bits per heavy atom. The molecular weight excluding hydrogens is 264 g/mol. The van der Waals surface area contributed by atoms with Crippen molar-refractivity contribution in [1.29, 1.82) is 0 Å². The molecule has 5 nitrogen and oxygen atoms in total. The largest absolute Gasteiger partial charge is 0.497 e. The molecule has 1 aromatic carbocycles. The van der Waals surface area contributed by atoms with Crippen LogP contribution in [0, 0.1) is 0 Å². The highest BCUT2D eigenvalue weighted by Crippen LogP contribution is 2.28. The maximum Gasteiger partial charge on any atom is 0.234 e. The molecule has 0 saturated carbocycles. The minimum Gasteiger partial charge on any atom is -0.497 e. The predicted octanol–water partition coefficient (Wildman–Crippen LogP) is 1.72. The van der Waals surface area contributed by atoms with Gasteiger partial charge in [0.2, 0.25) is 5.91 Å². The number of anilines is 1. The van der Waals surface area contributed by atoms with E-state index in [4.69, 9.17) is 15.2 Å². The van der Waals surface area contributed by atoms with Crippen molar-refractivity contribution in [3.63, 3.8) is 0 Å². The third-order valence-corrected chi connectivity index (χ3v) is 3.45. The minimum atomic E-state index is -0.0615. The Morgan fingerprint density at radius 3 is 2.79 bits per heavy atom. The van der Waals surface area contributed by atoms with Crippen LogP contribution in [0.1, 0.15) is 6.42 Å². The van der Waals surface area contributed by atoms with Gasteiger partial charge in [0, 0.05) is 6.07 Å². The lowest BCUT2D eigenvalue weighted by Crippen LogP contribution is -2.15. The zero-order chi connectivity index (χ0) is 14.1. The van der Waals surface area contributed by atoms with Gasteiger partial charge >= 0.3 is 0 Å². The lowest BCUT2D eigenvalue weighted by Gasteiger charge is -2.11. The molecule has 0 saturated heterocycles. The van der Waals surface area contributed by atoms with Crippen molar-refractivity contribution in [3.8, 4) is 11.5 Å². The number of nitrogens with one attached hydrogen (secondary N) is 1. The van der Waals surface area contributed by atoms with Crippen LogP contribution in [0.2, 0.25) is 0 Å². The third-order valence-electron chi connectivity index (χ3n) is 2.41. The average molecular weight is 284 g/mol. The summed E-state index contributed by atoms with van der Waals surface area (Å²) in [6.07, 6.45) is 0.917. The summed E-state index contributed by atoms with van der Waals surface area (Å²) in [7, 11) is 3.14. The molecule has 0 fully saturated rings. The smallest absolute Gasteiger partial charge is 0.234 e. The molecule has 0 aliphatic heterocycles. The Bertz CT molecular complexity index is 413. The summed E-state index contributed by atoms with van der Waals surface area (Å²) in [5.41, 5.74) is 6.01. The maximum absolute atomic E-state index is 11.8. The standard InChI is InChI=1S/C13H20N2O3S/c1-17-10-4-5-12(18-2)11(8-10)15-13(16)9-19-7-3-6-14/h4-5,8H,3,6-7,9,14H2,1-2H3,(H,15,16). The number of carbonyl (C=O) groups is 1. The Labute approximate surface area is 117 Å². The molecule has 1 rings (SSSR count). The van der Waals surface area contributed by atoms with E-state index in [-0.39, 0.29) is 5.91 Å². The maximum atomic E-state index is 11.8. The van der Waals surface area contributed by atoms with Gasteiger partial charge in [-0.15, -0.1) is 0 Å². The van der Waals surface area contributed by atoms with Crippen LogP contribution in [0.3, 0.4) is 0 Å². The van der Waals surface area contributed by atoms with Crippen LogP contribution in [-0.2, 0) is 4.79 Å². The van der Waals surface area contributed by atoms with Crippen LogP contribution in [-0.4, -0.2) is 38.2 Å². The minimum absolute atomic E-state index is 0.0615. The first-order chi connectivity index (χ1) is 9.21. The van der Waals surface area contributed by atoms with Gasteiger partial charge in [-0.1, -0.05) is 0 Å². The molecule has 0 unspecified atom stereocenters. The third kappa shape index (κ3) is 5.40. The molecular formula is C13H20N2O3S. The van der Waals surface area contributed by atoms with E-state index in [2.05, 4.69) is 5.32 Å². The van der Waals surface area contributed by atoms with Gasteiger partial charge in [0.15, 0.2) is 0 Å². The monoisotopic (exact) mass is 284 g/mol. The second-order valence-electron chi connectivity index (χ2n) is 3.81. The number of thioether (sulfide) groups is 1. The van der Waals surface area contributed by atoms with Crippen molar-refractivity contribution in [2.75, 3.05) is 37.6 Å². The number of hydrogen-bond donors (Lipinski definition) is 2. The van der Waals surface area contributed by atoms with E-state index >= 15 is 0 Å². The molecule has 0 spiro atoms. The van der Waals surface area contributed by atoms with Gasteiger partial charge in [-0.3, -0.25) is 4.79 Å². The van der Waals surface area contributed by atoms with Gasteiger partial charge < -0.3 is 20.5 Å². The van der Waals surface area contributed by atoms with Crippen molar-refractivity contribution in [1.82, 2.24) is 0 Å². The summed E-state index contributed by atoms with van der Waals surface area (Å²) in [6, 6.07) is 5.28.